The highest BCUT2D eigenvalue weighted by molar-refractivity contribution is 5.81. The fourth-order valence-electron chi connectivity index (χ4n) is 2.72. The third kappa shape index (κ3) is 4.58. The second-order valence-electron chi connectivity index (χ2n) is 6.66. The van der Waals surface area contributed by atoms with Gasteiger partial charge in [-0.05, 0) is 40.0 Å². The molecule has 1 aliphatic heterocycles. The van der Waals surface area contributed by atoms with Crippen LogP contribution in [-0.4, -0.2) is 38.9 Å². The summed E-state index contributed by atoms with van der Waals surface area (Å²) in [7, 11) is 0. The summed E-state index contributed by atoms with van der Waals surface area (Å²) in [5.74, 6) is 0.490. The van der Waals surface area contributed by atoms with Gasteiger partial charge in [0, 0.05) is 25.4 Å². The Kier molecular flexibility index (Phi) is 5.21. The third-order valence-electron chi connectivity index (χ3n) is 3.62. The van der Waals surface area contributed by atoms with Crippen LogP contribution in [0, 0.1) is 0 Å². The first-order valence-corrected chi connectivity index (χ1v) is 7.87. The van der Waals surface area contributed by atoms with Gasteiger partial charge in [0.2, 0.25) is 5.91 Å². The molecule has 1 saturated heterocycles. The van der Waals surface area contributed by atoms with Crippen molar-refractivity contribution in [1.82, 2.24) is 14.9 Å². The van der Waals surface area contributed by atoms with E-state index >= 15 is 0 Å². The number of rotatable bonds is 4. The van der Waals surface area contributed by atoms with Gasteiger partial charge in [-0.25, -0.2) is 4.98 Å². The maximum absolute atomic E-state index is 12.5. The second-order valence-corrected chi connectivity index (χ2v) is 6.66. The molecule has 1 fully saturated rings. The van der Waals surface area contributed by atoms with Crippen LogP contribution in [0.4, 0.5) is 0 Å². The first-order valence-electron chi connectivity index (χ1n) is 7.87. The predicted octanol–water partition coefficient (Wildman–Crippen LogP) is 2.59. The molecule has 0 spiro atoms. The minimum atomic E-state index is -0.512. The zero-order chi connectivity index (χ0) is 16.2. The lowest BCUT2D eigenvalue weighted by molar-refractivity contribution is -0.156. The van der Waals surface area contributed by atoms with E-state index in [2.05, 4.69) is 9.97 Å². The maximum atomic E-state index is 12.5. The molecule has 2 heterocycles. The molecule has 0 radical (unpaired) electrons. The number of H-pyrrole nitrogens is 1. The smallest absolute Gasteiger partial charge is 0.306 e. The van der Waals surface area contributed by atoms with Crippen LogP contribution in [0.15, 0.2) is 12.4 Å². The first-order chi connectivity index (χ1) is 10.4. The molecule has 2 rings (SSSR count). The average Bonchev–Trinajstić information content (AvgIpc) is 2.97. The lowest BCUT2D eigenvalue weighted by Crippen LogP contribution is -2.39. The Morgan fingerprint density at radius 1 is 1.36 bits per heavy atom. The van der Waals surface area contributed by atoms with Gasteiger partial charge in [0.25, 0.3) is 0 Å². The summed E-state index contributed by atoms with van der Waals surface area (Å²) >= 11 is 0. The zero-order valence-electron chi connectivity index (χ0n) is 13.6. The predicted molar refractivity (Wildman–Crippen MR) is 82.0 cm³/mol. The van der Waals surface area contributed by atoms with Gasteiger partial charge in [-0.15, -0.1) is 0 Å². The number of amides is 1. The number of carbonyl (C=O) groups excluding carboxylic acids is 2. The Labute approximate surface area is 131 Å². The molecule has 0 aromatic carbocycles. The van der Waals surface area contributed by atoms with E-state index in [4.69, 9.17) is 4.74 Å². The number of nitrogens with one attached hydrogen (secondary N) is 1. The topological polar surface area (TPSA) is 75.3 Å². The lowest BCUT2D eigenvalue weighted by Gasteiger charge is -2.34. The van der Waals surface area contributed by atoms with Gasteiger partial charge in [0.05, 0.1) is 12.5 Å². The summed E-state index contributed by atoms with van der Waals surface area (Å²) in [5, 5.41) is 0. The number of esters is 1. The number of likely N-dealkylation sites (tertiary alicyclic amines) is 1. The number of aromatic nitrogens is 2. The van der Waals surface area contributed by atoms with Crippen molar-refractivity contribution in [2.45, 2.75) is 64.5 Å². The summed E-state index contributed by atoms with van der Waals surface area (Å²) in [6.45, 7) is 6.19. The molecule has 1 aromatic heterocycles. The van der Waals surface area contributed by atoms with Gasteiger partial charge in [-0.3, -0.25) is 9.59 Å². The monoisotopic (exact) mass is 307 g/mol. The molecule has 0 unspecified atom stereocenters. The van der Waals surface area contributed by atoms with Gasteiger partial charge in [0.15, 0.2) is 0 Å². The molecule has 0 aliphatic carbocycles. The van der Waals surface area contributed by atoms with Crippen LogP contribution in [0.1, 0.15) is 64.7 Å². The minimum absolute atomic E-state index is 0.00473. The molecule has 6 heteroatoms. The van der Waals surface area contributed by atoms with Gasteiger partial charge in [0.1, 0.15) is 11.4 Å². The highest BCUT2D eigenvalue weighted by Crippen LogP contribution is 2.29. The maximum Gasteiger partial charge on any atom is 0.306 e. The minimum Gasteiger partial charge on any atom is -0.460 e. The van der Waals surface area contributed by atoms with Gasteiger partial charge < -0.3 is 14.6 Å². The molecule has 0 bridgehead atoms. The van der Waals surface area contributed by atoms with Crippen LogP contribution >= 0.6 is 0 Å². The molecule has 1 amide bonds. The van der Waals surface area contributed by atoms with E-state index in [-0.39, 0.29) is 30.8 Å². The van der Waals surface area contributed by atoms with Gasteiger partial charge in [-0.1, -0.05) is 0 Å². The van der Waals surface area contributed by atoms with Crippen molar-refractivity contribution in [3.05, 3.63) is 18.2 Å². The van der Waals surface area contributed by atoms with Gasteiger partial charge >= 0.3 is 5.97 Å². The van der Waals surface area contributed by atoms with E-state index in [0.717, 1.165) is 31.6 Å². The number of ether oxygens (including phenoxy) is 1. The number of hydrogen-bond acceptors (Lipinski definition) is 4. The fraction of sp³-hybridized carbons (Fsp3) is 0.688. The van der Waals surface area contributed by atoms with E-state index < -0.39 is 5.60 Å². The molecule has 1 atom stereocenters. The van der Waals surface area contributed by atoms with Crippen LogP contribution in [0.2, 0.25) is 0 Å². The van der Waals surface area contributed by atoms with Crippen LogP contribution in [0.5, 0.6) is 0 Å². The Hall–Kier alpha value is -1.85. The van der Waals surface area contributed by atoms with E-state index in [0.29, 0.717) is 0 Å². The van der Waals surface area contributed by atoms with E-state index in [1.54, 1.807) is 12.4 Å². The second kappa shape index (κ2) is 6.94. The summed E-state index contributed by atoms with van der Waals surface area (Å²) in [6.07, 6.45) is 6.77. The average molecular weight is 307 g/mol. The van der Waals surface area contributed by atoms with Crippen LogP contribution < -0.4 is 0 Å². The van der Waals surface area contributed by atoms with Crippen LogP contribution in [0.25, 0.3) is 0 Å². The summed E-state index contributed by atoms with van der Waals surface area (Å²) < 4.78 is 5.25. The molecule has 122 valence electrons. The lowest BCUT2D eigenvalue weighted by atomic mass is 10.0. The molecule has 22 heavy (non-hydrogen) atoms. The third-order valence-corrected chi connectivity index (χ3v) is 3.62. The summed E-state index contributed by atoms with van der Waals surface area (Å²) in [6, 6.07) is -0.00473. The molecule has 1 aliphatic rings. The Balaban J connectivity index is 1.91. The molecule has 1 aromatic rings. The van der Waals surface area contributed by atoms with E-state index in [1.165, 1.54) is 0 Å². The van der Waals surface area contributed by atoms with Crippen molar-refractivity contribution < 1.29 is 14.3 Å². The SMILES string of the molecule is CC(C)(C)OC(=O)CCC(=O)N1CCCC[C@@H]1c1ncc[nH]1. The van der Waals surface area contributed by atoms with Crippen molar-refractivity contribution in [1.29, 1.82) is 0 Å². The number of nitrogens with zero attached hydrogens (tertiary/aromatic N) is 2. The van der Waals surface area contributed by atoms with Crippen molar-refractivity contribution in [2.24, 2.45) is 0 Å². The van der Waals surface area contributed by atoms with Crippen LogP contribution in [0.3, 0.4) is 0 Å². The highest BCUT2D eigenvalue weighted by Gasteiger charge is 2.29. The molecule has 1 N–H and O–H groups in total. The first kappa shape index (κ1) is 16.5. The van der Waals surface area contributed by atoms with E-state index in [9.17, 15) is 9.59 Å². The number of hydrogen-bond donors (Lipinski definition) is 1. The molecule has 0 saturated carbocycles. The van der Waals surface area contributed by atoms with Crippen molar-refractivity contribution >= 4 is 11.9 Å². The van der Waals surface area contributed by atoms with Crippen LogP contribution in [-0.2, 0) is 14.3 Å². The number of imidazole rings is 1. The fourth-order valence-corrected chi connectivity index (χ4v) is 2.72. The number of aromatic amines is 1. The summed E-state index contributed by atoms with van der Waals surface area (Å²) in [4.78, 5) is 33.4. The standard InChI is InChI=1S/C16H25N3O3/c1-16(2,3)22-14(21)8-7-13(20)19-11-5-4-6-12(19)15-17-9-10-18-15/h9-10,12H,4-8,11H2,1-3H3,(H,17,18)/t12-/m1/s1. The quantitative estimate of drug-likeness (QED) is 0.868. The number of carbonyl (C=O) groups is 2. The summed E-state index contributed by atoms with van der Waals surface area (Å²) in [5.41, 5.74) is -0.512. The highest BCUT2D eigenvalue weighted by atomic mass is 16.6. The Morgan fingerprint density at radius 3 is 2.77 bits per heavy atom. The van der Waals surface area contributed by atoms with Gasteiger partial charge in [-0.2, -0.15) is 0 Å². The van der Waals surface area contributed by atoms with Crippen molar-refractivity contribution in [2.75, 3.05) is 6.54 Å². The largest absolute Gasteiger partial charge is 0.460 e. The Bertz CT molecular complexity index is 505. The van der Waals surface area contributed by atoms with Crippen molar-refractivity contribution in [3.8, 4) is 0 Å². The molecular formula is C16H25N3O3. The molecular weight excluding hydrogens is 282 g/mol. The number of piperidine rings is 1. The van der Waals surface area contributed by atoms with E-state index in [1.807, 2.05) is 25.7 Å². The molecule has 6 nitrogen and oxygen atoms in total. The zero-order valence-corrected chi connectivity index (χ0v) is 13.6. The van der Waals surface area contributed by atoms with Crippen molar-refractivity contribution in [3.63, 3.8) is 0 Å². The Morgan fingerprint density at radius 2 is 2.14 bits per heavy atom. The normalized spacial score (nSPS) is 19.0.